The topological polar surface area (TPSA) is 72.8 Å². The number of para-hydroxylation sites is 2. The fourth-order valence-electron chi connectivity index (χ4n) is 4.00. The summed E-state index contributed by atoms with van der Waals surface area (Å²) in [5.41, 5.74) is 5.15. The van der Waals surface area contributed by atoms with Crippen LogP contribution in [-0.2, 0) is 16.1 Å². The smallest absolute Gasteiger partial charge is 0.282 e. The molecule has 7 nitrogen and oxygen atoms in total. The Kier molecular flexibility index (Phi) is 5.74. The highest BCUT2D eigenvalue weighted by Crippen LogP contribution is 2.27. The number of hydrogen-bond donors (Lipinski definition) is 1. The summed E-state index contributed by atoms with van der Waals surface area (Å²) in [5.74, 6) is 0.663. The van der Waals surface area contributed by atoms with Gasteiger partial charge in [0.1, 0.15) is 23.7 Å². The first-order chi connectivity index (χ1) is 16.6. The average Bonchev–Trinajstić information content (AvgIpc) is 3.37. The number of nitrogens with one attached hydrogen (secondary N) is 1. The van der Waals surface area contributed by atoms with E-state index in [0.717, 1.165) is 28.0 Å². The number of hydrogen-bond acceptors (Lipinski definition) is 4. The maximum atomic E-state index is 13.0. The summed E-state index contributed by atoms with van der Waals surface area (Å²) in [4.78, 5) is 25.6. The van der Waals surface area contributed by atoms with Crippen molar-refractivity contribution in [2.75, 3.05) is 18.7 Å². The molecule has 170 valence electrons. The molecule has 34 heavy (non-hydrogen) atoms. The molecule has 2 amide bonds. The first-order valence-corrected chi connectivity index (χ1v) is 10.9. The van der Waals surface area contributed by atoms with Gasteiger partial charge in [0.2, 0.25) is 0 Å². The van der Waals surface area contributed by atoms with Crippen molar-refractivity contribution >= 4 is 34.5 Å². The van der Waals surface area contributed by atoms with Crippen LogP contribution >= 0.6 is 0 Å². The first kappa shape index (κ1) is 21.3. The third kappa shape index (κ3) is 4.11. The molecule has 2 heterocycles. The van der Waals surface area contributed by atoms with Gasteiger partial charge in [-0.25, -0.2) is 5.01 Å². The Morgan fingerprint density at radius 3 is 2.50 bits per heavy atom. The molecule has 1 N–H and O–H groups in total. The molecule has 0 unspecified atom stereocenters. The van der Waals surface area contributed by atoms with E-state index in [1.54, 1.807) is 25.3 Å². The van der Waals surface area contributed by atoms with Gasteiger partial charge in [0, 0.05) is 28.7 Å². The second-order valence-electron chi connectivity index (χ2n) is 7.80. The van der Waals surface area contributed by atoms with Crippen LogP contribution in [0.5, 0.6) is 11.5 Å². The molecular formula is C27H23N3O4. The van der Waals surface area contributed by atoms with Crippen LogP contribution in [0.15, 0.2) is 90.6 Å². The van der Waals surface area contributed by atoms with Crippen molar-refractivity contribution < 1.29 is 19.1 Å². The van der Waals surface area contributed by atoms with E-state index in [2.05, 4.69) is 9.99 Å². The highest BCUT2D eigenvalue weighted by Gasteiger charge is 2.34. The van der Waals surface area contributed by atoms with Crippen molar-refractivity contribution in [3.63, 3.8) is 0 Å². The number of aromatic nitrogens is 1. The second-order valence-corrected chi connectivity index (χ2v) is 7.80. The summed E-state index contributed by atoms with van der Waals surface area (Å²) >= 11 is 0. The molecule has 7 heteroatoms. The van der Waals surface area contributed by atoms with Crippen molar-refractivity contribution in [2.45, 2.75) is 6.54 Å². The van der Waals surface area contributed by atoms with E-state index >= 15 is 0 Å². The van der Waals surface area contributed by atoms with Crippen LogP contribution in [0.4, 0.5) is 5.69 Å². The van der Waals surface area contributed by atoms with Gasteiger partial charge in [-0.05, 0) is 36.4 Å². The molecule has 0 aliphatic carbocycles. The summed E-state index contributed by atoms with van der Waals surface area (Å²) < 4.78 is 13.2. The van der Waals surface area contributed by atoms with Crippen molar-refractivity contribution in [3.05, 3.63) is 96.2 Å². The quantitative estimate of drug-likeness (QED) is 0.336. The minimum absolute atomic E-state index is 0.0967. The normalized spacial score (nSPS) is 14.6. The number of methoxy groups -OCH3 is 1. The molecule has 0 bridgehead atoms. The Hall–Kier alpha value is -4.52. The van der Waals surface area contributed by atoms with Crippen molar-refractivity contribution in [2.24, 2.45) is 0 Å². The lowest BCUT2D eigenvalue weighted by molar-refractivity contribution is -0.117. The number of carbonyl (C=O) groups is 2. The minimum atomic E-state index is -0.424. The number of ether oxygens (including phenoxy) is 2. The van der Waals surface area contributed by atoms with Gasteiger partial charge in [0.25, 0.3) is 11.8 Å². The van der Waals surface area contributed by atoms with Gasteiger partial charge >= 0.3 is 0 Å². The Morgan fingerprint density at radius 2 is 1.68 bits per heavy atom. The van der Waals surface area contributed by atoms with E-state index in [9.17, 15) is 9.59 Å². The number of benzene rings is 3. The Labute approximate surface area is 196 Å². The zero-order valence-electron chi connectivity index (χ0n) is 18.6. The number of fused-ring (bicyclic) bond motifs is 1. The second kappa shape index (κ2) is 9.15. The highest BCUT2D eigenvalue weighted by molar-refractivity contribution is 6.32. The predicted octanol–water partition coefficient (Wildman–Crippen LogP) is 4.19. The van der Waals surface area contributed by atoms with Crippen LogP contribution in [0.25, 0.3) is 17.0 Å². The molecule has 1 aliphatic heterocycles. The number of anilines is 1. The zero-order valence-corrected chi connectivity index (χ0v) is 18.6. The summed E-state index contributed by atoms with van der Waals surface area (Å²) in [5, 5.41) is 2.23. The van der Waals surface area contributed by atoms with E-state index in [4.69, 9.17) is 9.47 Å². The van der Waals surface area contributed by atoms with Crippen LogP contribution in [0.3, 0.4) is 0 Å². The highest BCUT2D eigenvalue weighted by atomic mass is 16.5. The molecule has 0 spiro atoms. The maximum Gasteiger partial charge on any atom is 0.282 e. The SMILES string of the molecule is COc1cccc(OCCn2cc(/C=C3\C(=O)NN(c4ccccc4)C3=O)c3ccccc32)c1. The van der Waals surface area contributed by atoms with Crippen LogP contribution in [0.1, 0.15) is 5.56 Å². The Bertz CT molecular complexity index is 1390. The first-order valence-electron chi connectivity index (χ1n) is 10.9. The minimum Gasteiger partial charge on any atom is -0.497 e. The molecule has 1 saturated heterocycles. The van der Waals surface area contributed by atoms with Gasteiger partial charge in [-0.1, -0.05) is 42.5 Å². The average molecular weight is 453 g/mol. The summed E-state index contributed by atoms with van der Waals surface area (Å²) in [6.45, 7) is 1.04. The van der Waals surface area contributed by atoms with Crippen LogP contribution in [0.2, 0.25) is 0 Å². The molecule has 1 aromatic heterocycles. The third-order valence-electron chi connectivity index (χ3n) is 5.67. The molecule has 4 aromatic rings. The standard InChI is InChI=1S/C27H23N3O4/c1-33-21-10-7-11-22(17-21)34-15-14-29-18-19(23-12-5-6-13-25(23)29)16-24-26(31)28-30(27(24)32)20-8-3-2-4-9-20/h2-13,16-18H,14-15H2,1H3,(H,28,31)/b24-16+. The predicted molar refractivity (Wildman–Crippen MR) is 130 cm³/mol. The number of rotatable bonds is 7. The number of amides is 2. The number of hydrazine groups is 1. The van der Waals surface area contributed by atoms with Gasteiger partial charge in [0.15, 0.2) is 0 Å². The van der Waals surface area contributed by atoms with E-state index in [1.165, 1.54) is 5.01 Å². The largest absolute Gasteiger partial charge is 0.497 e. The number of carbonyl (C=O) groups excluding carboxylic acids is 2. The lowest BCUT2D eigenvalue weighted by Crippen LogP contribution is -2.35. The summed E-state index contributed by atoms with van der Waals surface area (Å²) in [6, 6.07) is 24.4. The maximum absolute atomic E-state index is 13.0. The fourth-order valence-corrected chi connectivity index (χ4v) is 4.00. The van der Waals surface area contributed by atoms with Gasteiger partial charge < -0.3 is 14.0 Å². The lowest BCUT2D eigenvalue weighted by Gasteiger charge is -2.13. The molecule has 1 fully saturated rings. The van der Waals surface area contributed by atoms with Gasteiger partial charge in [-0.3, -0.25) is 15.0 Å². The molecular weight excluding hydrogens is 430 g/mol. The van der Waals surface area contributed by atoms with Crippen LogP contribution in [0, 0.1) is 0 Å². The van der Waals surface area contributed by atoms with Gasteiger partial charge in [0.05, 0.1) is 19.3 Å². The third-order valence-corrected chi connectivity index (χ3v) is 5.67. The van der Waals surface area contributed by atoms with Crippen LogP contribution < -0.4 is 19.9 Å². The van der Waals surface area contributed by atoms with Crippen LogP contribution in [-0.4, -0.2) is 30.1 Å². The molecule has 5 rings (SSSR count). The van der Waals surface area contributed by atoms with E-state index in [-0.39, 0.29) is 11.5 Å². The zero-order chi connectivity index (χ0) is 23.5. The van der Waals surface area contributed by atoms with E-state index in [1.807, 2.05) is 72.9 Å². The molecule has 1 aliphatic rings. The van der Waals surface area contributed by atoms with E-state index in [0.29, 0.717) is 18.8 Å². The molecule has 0 radical (unpaired) electrons. The monoisotopic (exact) mass is 453 g/mol. The van der Waals surface area contributed by atoms with E-state index < -0.39 is 5.91 Å². The van der Waals surface area contributed by atoms with Crippen molar-refractivity contribution in [3.8, 4) is 11.5 Å². The molecule has 0 saturated carbocycles. The number of nitrogens with zero attached hydrogens (tertiary/aromatic N) is 2. The van der Waals surface area contributed by atoms with Crippen molar-refractivity contribution in [1.82, 2.24) is 9.99 Å². The van der Waals surface area contributed by atoms with Gasteiger partial charge in [-0.15, -0.1) is 0 Å². The fraction of sp³-hybridized carbons (Fsp3) is 0.111. The molecule has 3 aromatic carbocycles. The lowest BCUT2D eigenvalue weighted by atomic mass is 10.1. The summed E-state index contributed by atoms with van der Waals surface area (Å²) in [7, 11) is 1.62. The van der Waals surface area contributed by atoms with Crippen molar-refractivity contribution in [1.29, 1.82) is 0 Å². The Balaban J connectivity index is 1.39. The molecule has 0 atom stereocenters. The Morgan fingerprint density at radius 1 is 0.912 bits per heavy atom. The summed E-state index contributed by atoms with van der Waals surface area (Å²) in [6.07, 6.45) is 3.60. The van der Waals surface area contributed by atoms with Gasteiger partial charge in [-0.2, -0.15) is 0 Å².